The fraction of sp³-hybridized carbons (Fsp3) is 0.404. The minimum absolute atomic E-state index is 0.0487. The van der Waals surface area contributed by atoms with E-state index in [1.54, 1.807) is 51.8 Å². The van der Waals surface area contributed by atoms with Gasteiger partial charge in [0.05, 0.1) is 20.3 Å². The van der Waals surface area contributed by atoms with Gasteiger partial charge in [-0.3, -0.25) is 23.4 Å². The van der Waals surface area contributed by atoms with Gasteiger partial charge in [-0.05, 0) is 159 Å². The third kappa shape index (κ3) is 11.3. The zero-order chi connectivity index (χ0) is 51.6. The number of hydrogen-bond acceptors (Lipinski definition) is 12. The molecule has 9 rings (SSSR count). The Balaban J connectivity index is 0.956. The van der Waals surface area contributed by atoms with E-state index in [-0.39, 0.29) is 60.3 Å². The summed E-state index contributed by atoms with van der Waals surface area (Å²) < 4.78 is 51.0. The van der Waals surface area contributed by atoms with E-state index in [4.69, 9.17) is 18.4 Å². The standard InChI is InChI=1S/C57H63N3O10S3/c1-7-44(61)15-12-22-71-72-57(3,4)21-20-54(62)58-42-25-36(24-37(26-42)34-70-52-29-38-18-19-43-27-39-13-8-10-16-47(39)59(43)55(63)46(38)32-51(52)67-5)33-69-50-30-41-31-53(73(65,66)68-6)49-28-40-14-9-11-17-48(40)60(49)56(64)45(41)23-35(50)2/h8-11,13-14,16-17,23-26,29-30,32,43,49,53H,7,12,15,18-22,27-28,31,33-34H2,1-6H3,(H,58,62)/t43-,49+,53?/m1/s1. The number of carbonyl (C=O) groups is 4. The number of anilines is 3. The van der Waals surface area contributed by atoms with Gasteiger partial charge in [-0.1, -0.05) is 64.9 Å². The summed E-state index contributed by atoms with van der Waals surface area (Å²) in [4.78, 5) is 57.5. The molecule has 4 heterocycles. The van der Waals surface area contributed by atoms with Crippen LogP contribution in [0.2, 0.25) is 0 Å². The molecule has 0 saturated carbocycles. The molecule has 1 unspecified atom stereocenters. The number of ketones is 1. The minimum Gasteiger partial charge on any atom is -0.493 e. The molecular formula is C57H63N3O10S3. The lowest BCUT2D eigenvalue weighted by Crippen LogP contribution is -2.47. The fourth-order valence-electron chi connectivity index (χ4n) is 10.5. The van der Waals surface area contributed by atoms with Crippen molar-refractivity contribution in [2.24, 2.45) is 0 Å². The summed E-state index contributed by atoms with van der Waals surface area (Å²) in [7, 11) is 2.11. The van der Waals surface area contributed by atoms with E-state index >= 15 is 0 Å². The van der Waals surface area contributed by atoms with E-state index in [0.717, 1.165) is 60.1 Å². The van der Waals surface area contributed by atoms with Crippen molar-refractivity contribution in [2.75, 3.05) is 35.1 Å². The molecule has 0 radical (unpaired) electrons. The molecule has 384 valence electrons. The number of hydrogen-bond donors (Lipinski definition) is 1. The second kappa shape index (κ2) is 22.0. The van der Waals surface area contributed by atoms with Gasteiger partial charge in [-0.15, -0.1) is 0 Å². The molecule has 0 fully saturated rings. The molecule has 16 heteroatoms. The maximum absolute atomic E-state index is 14.4. The first kappa shape index (κ1) is 52.1. The summed E-state index contributed by atoms with van der Waals surface area (Å²) >= 11 is 0. The molecule has 0 aromatic heterocycles. The maximum Gasteiger partial charge on any atom is 0.272 e. The van der Waals surface area contributed by atoms with Gasteiger partial charge in [0.15, 0.2) is 11.5 Å². The zero-order valence-electron chi connectivity index (χ0n) is 42.3. The molecule has 0 bridgehead atoms. The van der Waals surface area contributed by atoms with E-state index < -0.39 is 21.4 Å². The number of carbonyl (C=O) groups excluding carboxylic acids is 4. The van der Waals surface area contributed by atoms with E-state index in [2.05, 4.69) is 25.2 Å². The van der Waals surface area contributed by atoms with Crippen LogP contribution < -0.4 is 29.3 Å². The number of aryl methyl sites for hydroxylation is 2. The summed E-state index contributed by atoms with van der Waals surface area (Å²) in [5.41, 5.74) is 8.91. The number of ether oxygens (including phenoxy) is 3. The predicted octanol–water partition coefficient (Wildman–Crippen LogP) is 10.8. The summed E-state index contributed by atoms with van der Waals surface area (Å²) in [6.07, 6.45) is 5.65. The number of methoxy groups -OCH3 is 1. The molecule has 0 saturated heterocycles. The number of benzene rings is 5. The lowest BCUT2D eigenvalue weighted by molar-refractivity contribution is -0.119. The Hall–Kier alpha value is -5.81. The Morgan fingerprint density at radius 3 is 2.10 bits per heavy atom. The van der Waals surface area contributed by atoms with Gasteiger partial charge >= 0.3 is 0 Å². The molecule has 0 aliphatic carbocycles. The van der Waals surface area contributed by atoms with Crippen molar-refractivity contribution >= 4 is 72.3 Å². The van der Waals surface area contributed by atoms with E-state index in [0.29, 0.717) is 83.0 Å². The van der Waals surface area contributed by atoms with Gasteiger partial charge in [0, 0.05) is 64.0 Å². The Labute approximate surface area is 436 Å². The van der Waals surface area contributed by atoms with E-state index in [9.17, 15) is 27.6 Å². The van der Waals surface area contributed by atoms with Gasteiger partial charge < -0.3 is 29.3 Å². The van der Waals surface area contributed by atoms with Crippen molar-refractivity contribution in [1.82, 2.24) is 0 Å². The molecular weight excluding hydrogens is 983 g/mol. The summed E-state index contributed by atoms with van der Waals surface area (Å²) in [5, 5.41) is 2.10. The SMILES string of the molecule is CCC(=O)CCCSSC(C)(C)CCC(=O)Nc1cc(COc2cc3c(cc2C)C(=O)N2c4ccccc4C[C@H]2C(S(=O)(=O)OC)C3)cc(COc2cc3c(cc2OC)C(=O)N2c4ccccc4C[C@H]2CC3)c1. The molecule has 13 nitrogen and oxygen atoms in total. The first-order valence-electron chi connectivity index (χ1n) is 25.0. The van der Waals surface area contributed by atoms with Crippen molar-refractivity contribution < 1.29 is 46.0 Å². The van der Waals surface area contributed by atoms with Crippen LogP contribution >= 0.6 is 21.6 Å². The van der Waals surface area contributed by atoms with Gasteiger partial charge in [-0.2, -0.15) is 8.42 Å². The third-order valence-electron chi connectivity index (χ3n) is 14.4. The number of nitrogens with one attached hydrogen (secondary N) is 1. The van der Waals surface area contributed by atoms with Gasteiger partial charge in [0.25, 0.3) is 21.9 Å². The molecule has 0 spiro atoms. The van der Waals surface area contributed by atoms with Crippen molar-refractivity contribution in [2.45, 2.75) is 127 Å². The number of amides is 3. The minimum atomic E-state index is -4.07. The van der Waals surface area contributed by atoms with E-state index in [1.807, 2.05) is 85.5 Å². The van der Waals surface area contributed by atoms with Crippen LogP contribution in [0.25, 0.3) is 0 Å². The Bertz CT molecular complexity index is 3070. The Morgan fingerprint density at radius 1 is 0.753 bits per heavy atom. The van der Waals surface area contributed by atoms with Crippen molar-refractivity contribution in [3.63, 3.8) is 0 Å². The zero-order valence-corrected chi connectivity index (χ0v) is 44.7. The van der Waals surface area contributed by atoms with Crippen LogP contribution in [-0.4, -0.2) is 74.0 Å². The van der Waals surface area contributed by atoms with Crippen LogP contribution in [0.5, 0.6) is 17.2 Å². The number of Topliss-reactive ketones (excluding diaryl/α,β-unsaturated/α-hetero) is 1. The van der Waals surface area contributed by atoms with Gasteiger partial charge in [-0.25, -0.2) is 0 Å². The van der Waals surface area contributed by atoms with Crippen LogP contribution in [0.15, 0.2) is 91.0 Å². The molecule has 1 N–H and O–H groups in total. The predicted molar refractivity (Wildman–Crippen MR) is 289 cm³/mol. The largest absolute Gasteiger partial charge is 0.493 e. The monoisotopic (exact) mass is 1050 g/mol. The smallest absolute Gasteiger partial charge is 0.272 e. The first-order chi connectivity index (χ1) is 35.1. The van der Waals surface area contributed by atoms with Crippen molar-refractivity contribution in [3.8, 4) is 17.2 Å². The molecule has 73 heavy (non-hydrogen) atoms. The van der Waals surface area contributed by atoms with Crippen LogP contribution in [0.1, 0.15) is 119 Å². The molecule has 4 aliphatic heterocycles. The number of rotatable bonds is 20. The maximum atomic E-state index is 14.4. The number of fused-ring (bicyclic) bond motifs is 8. The van der Waals surface area contributed by atoms with Crippen LogP contribution in [0.3, 0.4) is 0 Å². The Morgan fingerprint density at radius 2 is 1.40 bits per heavy atom. The molecule has 5 aromatic carbocycles. The summed E-state index contributed by atoms with van der Waals surface area (Å²) in [6.45, 7) is 8.16. The summed E-state index contributed by atoms with van der Waals surface area (Å²) in [5.74, 6) is 2.07. The van der Waals surface area contributed by atoms with Crippen LogP contribution in [0.4, 0.5) is 17.1 Å². The average Bonchev–Trinajstić information content (AvgIpc) is 3.88. The molecule has 3 atom stereocenters. The lowest BCUT2D eigenvalue weighted by atomic mass is 9.97. The number of para-hydroxylation sites is 2. The lowest BCUT2D eigenvalue weighted by Gasteiger charge is -2.28. The highest BCUT2D eigenvalue weighted by molar-refractivity contribution is 8.77. The molecule has 5 aromatic rings. The van der Waals surface area contributed by atoms with Crippen molar-refractivity contribution in [1.29, 1.82) is 0 Å². The highest BCUT2D eigenvalue weighted by Gasteiger charge is 2.48. The topological polar surface area (TPSA) is 158 Å². The fourth-order valence-corrected chi connectivity index (χ4v) is 14.4. The third-order valence-corrected chi connectivity index (χ3v) is 19.5. The number of nitrogens with zero attached hydrogens (tertiary/aromatic N) is 2. The van der Waals surface area contributed by atoms with Gasteiger partial charge in [0.2, 0.25) is 5.91 Å². The Kier molecular flexibility index (Phi) is 15.7. The second-order valence-electron chi connectivity index (χ2n) is 19.9. The normalized spacial score (nSPS) is 17.9. The molecule has 4 aliphatic rings. The van der Waals surface area contributed by atoms with Gasteiger partial charge in [0.1, 0.15) is 30.0 Å². The van der Waals surface area contributed by atoms with E-state index in [1.165, 1.54) is 5.56 Å². The highest BCUT2D eigenvalue weighted by atomic mass is 33.1. The van der Waals surface area contributed by atoms with Crippen molar-refractivity contribution in [3.05, 3.63) is 141 Å². The second-order valence-corrected chi connectivity index (χ2v) is 25.0. The first-order valence-corrected chi connectivity index (χ1v) is 28.8. The summed E-state index contributed by atoms with van der Waals surface area (Å²) in [6, 6.07) is 27.9. The molecule has 3 amide bonds. The quantitative estimate of drug-likeness (QED) is 0.0448. The van der Waals surface area contributed by atoms with Crippen LogP contribution in [-0.2, 0) is 62.8 Å². The highest BCUT2D eigenvalue weighted by Crippen LogP contribution is 2.44. The average molecular weight is 1050 g/mol. The van der Waals surface area contributed by atoms with Crippen LogP contribution in [0, 0.1) is 6.92 Å².